The Morgan fingerprint density at radius 2 is 2.29 bits per heavy atom. The molecular weight excluding hydrogens is 176 g/mol. The predicted octanol–water partition coefficient (Wildman–Crippen LogP) is 2.62. The highest BCUT2D eigenvalue weighted by atomic mass is 16.5. The molecule has 0 aromatic heterocycles. The average Bonchev–Trinajstić information content (AvgIpc) is 2.63. The van der Waals surface area contributed by atoms with Crippen LogP contribution in [-0.4, -0.2) is 17.3 Å². The lowest BCUT2D eigenvalue weighted by molar-refractivity contribution is 0.00633. The number of aliphatic hydroxyl groups is 1. The summed E-state index contributed by atoms with van der Waals surface area (Å²) in [5, 5.41) is 10.5. The Morgan fingerprint density at radius 3 is 3.00 bits per heavy atom. The number of hydrogen-bond acceptors (Lipinski definition) is 2. The highest BCUT2D eigenvalue weighted by Crippen LogP contribution is 2.37. The zero-order valence-corrected chi connectivity index (χ0v) is 8.96. The van der Waals surface area contributed by atoms with Crippen molar-refractivity contribution in [2.24, 2.45) is 5.92 Å². The van der Waals surface area contributed by atoms with Crippen LogP contribution in [0.5, 0.6) is 0 Å². The molecule has 0 radical (unpaired) electrons. The van der Waals surface area contributed by atoms with E-state index >= 15 is 0 Å². The molecule has 1 N–H and O–H groups in total. The molecule has 0 amide bonds. The summed E-state index contributed by atoms with van der Waals surface area (Å²) >= 11 is 0. The molecule has 2 unspecified atom stereocenters. The molecule has 0 spiro atoms. The second-order valence-electron chi connectivity index (χ2n) is 4.77. The maximum absolute atomic E-state index is 10.5. The third-order valence-corrected chi connectivity index (χ3v) is 3.50. The number of ether oxygens (including phenoxy) is 1. The van der Waals surface area contributed by atoms with Gasteiger partial charge in [0.05, 0.1) is 6.61 Å². The topological polar surface area (TPSA) is 29.5 Å². The first-order chi connectivity index (χ1) is 6.71. The van der Waals surface area contributed by atoms with Gasteiger partial charge in [-0.25, -0.2) is 0 Å². The molecule has 2 nitrogen and oxygen atoms in total. The SMILES string of the molecule is CC1CCCC(O)(C2=CCCO2)CC1. The molecule has 1 fully saturated rings. The first-order valence-corrected chi connectivity index (χ1v) is 5.76. The van der Waals surface area contributed by atoms with E-state index in [1.54, 1.807) is 0 Å². The van der Waals surface area contributed by atoms with Crippen LogP contribution in [0.2, 0.25) is 0 Å². The van der Waals surface area contributed by atoms with Gasteiger partial charge >= 0.3 is 0 Å². The summed E-state index contributed by atoms with van der Waals surface area (Å²) in [7, 11) is 0. The lowest BCUT2D eigenvalue weighted by atomic mass is 9.91. The maximum atomic E-state index is 10.5. The molecule has 2 heteroatoms. The molecule has 80 valence electrons. The van der Waals surface area contributed by atoms with Crippen molar-refractivity contribution >= 4 is 0 Å². The van der Waals surface area contributed by atoms with Crippen LogP contribution in [-0.2, 0) is 4.74 Å². The van der Waals surface area contributed by atoms with E-state index in [-0.39, 0.29) is 0 Å². The van der Waals surface area contributed by atoms with Crippen LogP contribution < -0.4 is 0 Å². The van der Waals surface area contributed by atoms with Crippen molar-refractivity contribution in [1.29, 1.82) is 0 Å². The van der Waals surface area contributed by atoms with Gasteiger partial charge in [0.15, 0.2) is 0 Å². The van der Waals surface area contributed by atoms with Gasteiger partial charge in [-0.15, -0.1) is 0 Å². The van der Waals surface area contributed by atoms with E-state index in [1.165, 1.54) is 6.42 Å². The van der Waals surface area contributed by atoms with Gasteiger partial charge in [0.2, 0.25) is 0 Å². The second-order valence-corrected chi connectivity index (χ2v) is 4.77. The van der Waals surface area contributed by atoms with E-state index in [2.05, 4.69) is 13.0 Å². The zero-order chi connectivity index (χ0) is 10.0. The minimum absolute atomic E-state index is 0.638. The van der Waals surface area contributed by atoms with Gasteiger partial charge in [0, 0.05) is 6.42 Å². The van der Waals surface area contributed by atoms with E-state index in [1.807, 2.05) is 0 Å². The smallest absolute Gasteiger partial charge is 0.124 e. The predicted molar refractivity (Wildman–Crippen MR) is 55.9 cm³/mol. The molecule has 0 aromatic carbocycles. The Kier molecular flexibility index (Phi) is 2.82. The Morgan fingerprint density at radius 1 is 1.43 bits per heavy atom. The number of hydrogen-bond donors (Lipinski definition) is 1. The molecule has 0 aromatic rings. The maximum Gasteiger partial charge on any atom is 0.124 e. The lowest BCUT2D eigenvalue weighted by Gasteiger charge is -2.27. The minimum atomic E-state index is -0.638. The van der Waals surface area contributed by atoms with Gasteiger partial charge < -0.3 is 9.84 Å². The van der Waals surface area contributed by atoms with Crippen molar-refractivity contribution in [1.82, 2.24) is 0 Å². The summed E-state index contributed by atoms with van der Waals surface area (Å²) in [6.45, 7) is 3.03. The second kappa shape index (κ2) is 3.93. The average molecular weight is 196 g/mol. The standard InChI is InChI=1S/C12H20O2/c1-10-4-2-7-12(13,8-6-10)11-5-3-9-14-11/h5,10,13H,2-4,6-9H2,1H3. The summed E-state index contributed by atoms with van der Waals surface area (Å²) in [6, 6.07) is 0. The van der Waals surface area contributed by atoms with E-state index in [0.717, 1.165) is 50.4 Å². The van der Waals surface area contributed by atoms with E-state index in [0.29, 0.717) is 0 Å². The fraction of sp³-hybridized carbons (Fsp3) is 0.833. The summed E-state index contributed by atoms with van der Waals surface area (Å²) in [6.07, 6.45) is 8.28. The molecule has 14 heavy (non-hydrogen) atoms. The molecular formula is C12H20O2. The molecule has 2 rings (SSSR count). The van der Waals surface area contributed by atoms with Crippen molar-refractivity contribution < 1.29 is 9.84 Å². The largest absolute Gasteiger partial charge is 0.495 e. The first kappa shape index (κ1) is 10.0. The third-order valence-electron chi connectivity index (χ3n) is 3.50. The van der Waals surface area contributed by atoms with Gasteiger partial charge in [-0.1, -0.05) is 13.3 Å². The molecule has 1 aliphatic carbocycles. The molecule has 2 aliphatic rings. The molecule has 0 bridgehead atoms. The van der Waals surface area contributed by atoms with Gasteiger partial charge in [-0.2, -0.15) is 0 Å². The van der Waals surface area contributed by atoms with Crippen molar-refractivity contribution in [2.75, 3.05) is 6.61 Å². The minimum Gasteiger partial charge on any atom is -0.495 e. The van der Waals surface area contributed by atoms with Crippen LogP contribution in [0, 0.1) is 5.92 Å². The van der Waals surface area contributed by atoms with Crippen LogP contribution in [0.15, 0.2) is 11.8 Å². The Bertz CT molecular complexity index is 234. The van der Waals surface area contributed by atoms with Crippen molar-refractivity contribution in [2.45, 2.75) is 51.0 Å². The van der Waals surface area contributed by atoms with Crippen molar-refractivity contribution in [3.63, 3.8) is 0 Å². The highest BCUT2D eigenvalue weighted by Gasteiger charge is 2.36. The monoisotopic (exact) mass is 196 g/mol. The quantitative estimate of drug-likeness (QED) is 0.653. The summed E-state index contributed by atoms with van der Waals surface area (Å²) in [5.74, 6) is 1.61. The Balaban J connectivity index is 2.06. The zero-order valence-electron chi connectivity index (χ0n) is 8.96. The molecule has 2 atom stereocenters. The Labute approximate surface area is 86.0 Å². The van der Waals surface area contributed by atoms with Crippen LogP contribution in [0.25, 0.3) is 0 Å². The van der Waals surface area contributed by atoms with E-state index < -0.39 is 5.60 Å². The molecule has 0 saturated heterocycles. The summed E-state index contributed by atoms with van der Waals surface area (Å²) in [5.41, 5.74) is -0.638. The number of rotatable bonds is 1. The fourth-order valence-electron chi connectivity index (χ4n) is 2.49. The van der Waals surface area contributed by atoms with Gasteiger partial charge in [-0.05, 0) is 37.7 Å². The van der Waals surface area contributed by atoms with Crippen molar-refractivity contribution in [3.8, 4) is 0 Å². The lowest BCUT2D eigenvalue weighted by Crippen LogP contribution is -2.30. The van der Waals surface area contributed by atoms with E-state index in [4.69, 9.17) is 4.74 Å². The van der Waals surface area contributed by atoms with Crippen molar-refractivity contribution in [3.05, 3.63) is 11.8 Å². The molecule has 1 saturated carbocycles. The molecule has 1 heterocycles. The van der Waals surface area contributed by atoms with Crippen LogP contribution in [0.4, 0.5) is 0 Å². The molecule has 1 aliphatic heterocycles. The van der Waals surface area contributed by atoms with Crippen LogP contribution in [0.1, 0.15) is 45.4 Å². The fourth-order valence-corrected chi connectivity index (χ4v) is 2.49. The summed E-state index contributed by atoms with van der Waals surface area (Å²) < 4.78 is 5.50. The van der Waals surface area contributed by atoms with Gasteiger partial charge in [0.1, 0.15) is 11.4 Å². The van der Waals surface area contributed by atoms with E-state index in [9.17, 15) is 5.11 Å². The highest BCUT2D eigenvalue weighted by molar-refractivity contribution is 5.13. The van der Waals surface area contributed by atoms with Crippen LogP contribution in [0.3, 0.4) is 0 Å². The van der Waals surface area contributed by atoms with Gasteiger partial charge in [-0.3, -0.25) is 0 Å². The first-order valence-electron chi connectivity index (χ1n) is 5.76. The van der Waals surface area contributed by atoms with Crippen LogP contribution >= 0.6 is 0 Å². The summed E-state index contributed by atoms with van der Waals surface area (Å²) in [4.78, 5) is 0. The third kappa shape index (κ3) is 1.95. The normalized spacial score (nSPS) is 38.7. The Hall–Kier alpha value is -0.500. The van der Waals surface area contributed by atoms with Gasteiger partial charge in [0.25, 0.3) is 0 Å².